The molecule has 3 rings (SSSR count). The standard InChI is InChI=1S/C28H32N2O2S/c1-22-13-15-24(16-14-22)20-30(26(28(32)29-2)19-23-9-5-3-6-10-23)27(31)17-18-33-21-25-11-7-4-8-12-25/h3-16,26H,17-21H2,1-2H3,(H,29,32). The predicted molar refractivity (Wildman–Crippen MR) is 137 cm³/mol. The van der Waals surface area contributed by atoms with Crippen molar-refractivity contribution in [1.29, 1.82) is 0 Å². The maximum absolute atomic E-state index is 13.4. The number of hydrogen-bond donors (Lipinski definition) is 1. The molecule has 1 unspecified atom stereocenters. The fourth-order valence-electron chi connectivity index (χ4n) is 3.68. The summed E-state index contributed by atoms with van der Waals surface area (Å²) in [5.41, 5.74) is 4.47. The molecule has 1 N–H and O–H groups in total. The van der Waals surface area contributed by atoms with Crippen molar-refractivity contribution in [1.82, 2.24) is 10.2 Å². The molecule has 0 aliphatic rings. The van der Waals surface area contributed by atoms with Gasteiger partial charge in [-0.2, -0.15) is 11.8 Å². The lowest BCUT2D eigenvalue weighted by Crippen LogP contribution is -2.49. The number of amides is 2. The molecule has 0 heterocycles. The number of carbonyl (C=O) groups is 2. The summed E-state index contributed by atoms with van der Waals surface area (Å²) in [6.45, 7) is 2.45. The minimum absolute atomic E-state index is 0.000618. The molecule has 0 aromatic heterocycles. The Kier molecular flexibility index (Phi) is 9.58. The van der Waals surface area contributed by atoms with Crippen molar-refractivity contribution in [3.8, 4) is 0 Å². The average molecular weight is 461 g/mol. The van der Waals surface area contributed by atoms with Gasteiger partial charge in [-0.3, -0.25) is 9.59 Å². The van der Waals surface area contributed by atoms with Gasteiger partial charge in [0.15, 0.2) is 0 Å². The number of likely N-dealkylation sites (N-methyl/N-ethyl adjacent to an activating group) is 1. The lowest BCUT2D eigenvalue weighted by Gasteiger charge is -2.31. The van der Waals surface area contributed by atoms with Gasteiger partial charge >= 0.3 is 0 Å². The summed E-state index contributed by atoms with van der Waals surface area (Å²) >= 11 is 1.74. The zero-order chi connectivity index (χ0) is 23.5. The van der Waals surface area contributed by atoms with E-state index < -0.39 is 6.04 Å². The summed E-state index contributed by atoms with van der Waals surface area (Å²) in [7, 11) is 1.63. The van der Waals surface area contributed by atoms with E-state index in [1.165, 1.54) is 11.1 Å². The van der Waals surface area contributed by atoms with Gasteiger partial charge in [0.1, 0.15) is 6.04 Å². The average Bonchev–Trinajstić information content (AvgIpc) is 2.86. The van der Waals surface area contributed by atoms with Crippen LogP contribution in [0.5, 0.6) is 0 Å². The van der Waals surface area contributed by atoms with Crippen molar-refractivity contribution in [2.45, 2.75) is 38.1 Å². The molecule has 0 aliphatic heterocycles. The predicted octanol–water partition coefficient (Wildman–Crippen LogP) is 5.00. The molecule has 1 atom stereocenters. The summed E-state index contributed by atoms with van der Waals surface area (Å²) in [4.78, 5) is 28.1. The molecule has 0 bridgehead atoms. The SMILES string of the molecule is CNC(=O)C(Cc1ccccc1)N(Cc1ccc(C)cc1)C(=O)CCSCc1ccccc1. The molecule has 0 fully saturated rings. The molecule has 0 radical (unpaired) electrons. The molecule has 2 amide bonds. The van der Waals surface area contributed by atoms with E-state index in [2.05, 4.69) is 17.4 Å². The van der Waals surface area contributed by atoms with Crippen LogP contribution < -0.4 is 5.32 Å². The lowest BCUT2D eigenvalue weighted by molar-refractivity contribution is -0.140. The zero-order valence-corrected chi connectivity index (χ0v) is 20.2. The van der Waals surface area contributed by atoms with Crippen LogP contribution in [0.2, 0.25) is 0 Å². The van der Waals surface area contributed by atoms with Crippen molar-refractivity contribution in [2.75, 3.05) is 12.8 Å². The number of hydrogen-bond acceptors (Lipinski definition) is 3. The molecule has 172 valence electrons. The minimum Gasteiger partial charge on any atom is -0.357 e. The normalized spacial score (nSPS) is 11.6. The van der Waals surface area contributed by atoms with Crippen molar-refractivity contribution in [2.24, 2.45) is 0 Å². The second kappa shape index (κ2) is 12.9. The minimum atomic E-state index is -0.565. The highest BCUT2D eigenvalue weighted by molar-refractivity contribution is 7.98. The summed E-state index contributed by atoms with van der Waals surface area (Å²) in [5, 5.41) is 2.77. The first kappa shape index (κ1) is 24.6. The van der Waals surface area contributed by atoms with Gasteiger partial charge in [0, 0.05) is 37.9 Å². The molecule has 3 aromatic carbocycles. The molecule has 33 heavy (non-hydrogen) atoms. The third-order valence-corrected chi connectivity index (χ3v) is 6.59. The Balaban J connectivity index is 1.74. The van der Waals surface area contributed by atoms with Crippen LogP contribution in [-0.4, -0.2) is 35.6 Å². The van der Waals surface area contributed by atoms with Gasteiger partial charge < -0.3 is 10.2 Å². The number of nitrogens with one attached hydrogen (secondary N) is 1. The Labute approximate surface area is 201 Å². The highest BCUT2D eigenvalue weighted by Crippen LogP contribution is 2.18. The smallest absolute Gasteiger partial charge is 0.242 e. The van der Waals surface area contributed by atoms with Crippen LogP contribution in [-0.2, 0) is 28.3 Å². The Morgan fingerprint density at radius 2 is 1.45 bits per heavy atom. The van der Waals surface area contributed by atoms with Gasteiger partial charge in [-0.25, -0.2) is 0 Å². The van der Waals surface area contributed by atoms with Crippen LogP contribution in [0.1, 0.15) is 28.7 Å². The number of benzene rings is 3. The first-order valence-corrected chi connectivity index (χ1v) is 12.4. The van der Waals surface area contributed by atoms with Gasteiger partial charge in [0.25, 0.3) is 0 Å². The molecule has 0 spiro atoms. The van der Waals surface area contributed by atoms with Crippen LogP contribution in [0.25, 0.3) is 0 Å². The van der Waals surface area contributed by atoms with E-state index in [1.807, 2.05) is 79.7 Å². The van der Waals surface area contributed by atoms with Crippen LogP contribution in [0.4, 0.5) is 0 Å². The summed E-state index contributed by atoms with van der Waals surface area (Å²) < 4.78 is 0. The highest BCUT2D eigenvalue weighted by atomic mass is 32.2. The van der Waals surface area contributed by atoms with Crippen LogP contribution in [0.15, 0.2) is 84.9 Å². The Morgan fingerprint density at radius 3 is 2.06 bits per heavy atom. The number of thioether (sulfide) groups is 1. The van der Waals surface area contributed by atoms with E-state index in [0.29, 0.717) is 25.1 Å². The van der Waals surface area contributed by atoms with E-state index in [-0.39, 0.29) is 11.8 Å². The maximum Gasteiger partial charge on any atom is 0.242 e. The molecule has 4 nitrogen and oxygen atoms in total. The van der Waals surface area contributed by atoms with Crippen molar-refractivity contribution < 1.29 is 9.59 Å². The second-order valence-electron chi connectivity index (χ2n) is 8.12. The van der Waals surface area contributed by atoms with E-state index >= 15 is 0 Å². The molecular formula is C28H32N2O2S. The Morgan fingerprint density at radius 1 is 0.848 bits per heavy atom. The van der Waals surface area contributed by atoms with Crippen LogP contribution in [0.3, 0.4) is 0 Å². The van der Waals surface area contributed by atoms with Crippen LogP contribution >= 0.6 is 11.8 Å². The third-order valence-electron chi connectivity index (χ3n) is 5.56. The van der Waals surface area contributed by atoms with Gasteiger partial charge in [-0.1, -0.05) is 90.5 Å². The zero-order valence-electron chi connectivity index (χ0n) is 19.4. The molecule has 0 saturated carbocycles. The maximum atomic E-state index is 13.4. The fraction of sp³-hybridized carbons (Fsp3) is 0.286. The van der Waals surface area contributed by atoms with E-state index in [4.69, 9.17) is 0 Å². The summed E-state index contributed by atoms with van der Waals surface area (Å²) in [5.74, 6) is 1.44. The van der Waals surface area contributed by atoms with Gasteiger partial charge in [-0.05, 0) is 23.6 Å². The molecule has 0 aliphatic carbocycles. The lowest BCUT2D eigenvalue weighted by atomic mass is 10.0. The first-order chi connectivity index (χ1) is 16.1. The Bertz CT molecular complexity index is 1010. The summed E-state index contributed by atoms with van der Waals surface area (Å²) in [6, 6.07) is 27.7. The highest BCUT2D eigenvalue weighted by Gasteiger charge is 2.29. The largest absolute Gasteiger partial charge is 0.357 e. The number of carbonyl (C=O) groups excluding carboxylic acids is 2. The van der Waals surface area contributed by atoms with E-state index in [0.717, 1.165) is 16.9 Å². The quantitative estimate of drug-likeness (QED) is 0.410. The monoisotopic (exact) mass is 460 g/mol. The second-order valence-corrected chi connectivity index (χ2v) is 9.22. The molecule has 3 aromatic rings. The summed E-state index contributed by atoms with van der Waals surface area (Å²) in [6.07, 6.45) is 0.876. The number of nitrogens with zero attached hydrogens (tertiary/aromatic N) is 1. The molecule has 0 saturated heterocycles. The van der Waals surface area contributed by atoms with Gasteiger partial charge in [-0.15, -0.1) is 0 Å². The fourth-order valence-corrected chi connectivity index (χ4v) is 4.57. The van der Waals surface area contributed by atoms with Crippen LogP contribution in [0, 0.1) is 6.92 Å². The first-order valence-electron chi connectivity index (χ1n) is 11.3. The van der Waals surface area contributed by atoms with Crippen molar-refractivity contribution >= 4 is 23.6 Å². The molecule has 5 heteroatoms. The van der Waals surface area contributed by atoms with Crippen molar-refractivity contribution in [3.05, 3.63) is 107 Å². The van der Waals surface area contributed by atoms with Crippen molar-refractivity contribution in [3.63, 3.8) is 0 Å². The topological polar surface area (TPSA) is 49.4 Å². The van der Waals surface area contributed by atoms with Gasteiger partial charge in [0.05, 0.1) is 0 Å². The third kappa shape index (κ3) is 7.79. The molecular weight excluding hydrogens is 428 g/mol. The number of rotatable bonds is 11. The Hall–Kier alpha value is -3.05. The van der Waals surface area contributed by atoms with E-state index in [9.17, 15) is 9.59 Å². The van der Waals surface area contributed by atoms with E-state index in [1.54, 1.807) is 23.7 Å². The van der Waals surface area contributed by atoms with Gasteiger partial charge in [0.2, 0.25) is 11.8 Å². The number of aryl methyl sites for hydroxylation is 1.